The maximum absolute atomic E-state index is 12.0. The van der Waals surface area contributed by atoms with E-state index in [1.807, 2.05) is 25.1 Å². The summed E-state index contributed by atoms with van der Waals surface area (Å²) in [5.74, 6) is 0.168. The number of pyridine rings is 1. The maximum Gasteiger partial charge on any atom is 0.387 e. The van der Waals surface area contributed by atoms with E-state index in [9.17, 15) is 8.78 Å². The van der Waals surface area contributed by atoms with E-state index in [1.54, 1.807) is 18.3 Å². The molecule has 0 radical (unpaired) electrons. The smallest absolute Gasteiger partial charge is 0.387 e. The Balaban J connectivity index is 1.88. The van der Waals surface area contributed by atoms with Crippen molar-refractivity contribution in [2.24, 2.45) is 0 Å². The molecule has 1 atom stereocenters. The van der Waals surface area contributed by atoms with Crippen molar-refractivity contribution in [1.29, 1.82) is 0 Å². The van der Waals surface area contributed by atoms with Crippen molar-refractivity contribution in [1.82, 2.24) is 10.3 Å². The Bertz CT molecular complexity index is 517. The summed E-state index contributed by atoms with van der Waals surface area (Å²) in [6, 6.07) is 12.5. The van der Waals surface area contributed by atoms with E-state index >= 15 is 0 Å². The van der Waals surface area contributed by atoms with Gasteiger partial charge in [-0.25, -0.2) is 0 Å². The van der Waals surface area contributed by atoms with Crippen molar-refractivity contribution in [2.75, 3.05) is 0 Å². The number of nitrogens with zero attached hydrogens (tertiary/aromatic N) is 1. The molecule has 0 bridgehead atoms. The lowest BCUT2D eigenvalue weighted by molar-refractivity contribution is -0.0498. The largest absolute Gasteiger partial charge is 0.435 e. The van der Waals surface area contributed by atoms with Crippen LogP contribution in [0.2, 0.25) is 0 Å². The molecule has 0 aliphatic carbocycles. The van der Waals surface area contributed by atoms with Crippen LogP contribution in [0.25, 0.3) is 0 Å². The first-order chi connectivity index (χ1) is 9.65. The normalized spacial score (nSPS) is 12.4. The minimum Gasteiger partial charge on any atom is -0.435 e. The number of benzene rings is 1. The molecule has 0 unspecified atom stereocenters. The van der Waals surface area contributed by atoms with Crippen LogP contribution in [0.4, 0.5) is 8.78 Å². The Kier molecular flexibility index (Phi) is 5.01. The highest BCUT2D eigenvalue weighted by atomic mass is 19.3. The third-order valence-corrected chi connectivity index (χ3v) is 2.89. The molecule has 1 aromatic heterocycles. The molecule has 0 amide bonds. The first-order valence-corrected chi connectivity index (χ1v) is 6.33. The van der Waals surface area contributed by atoms with Gasteiger partial charge in [0.25, 0.3) is 0 Å². The van der Waals surface area contributed by atoms with Crippen molar-refractivity contribution in [2.45, 2.75) is 26.1 Å². The molecule has 20 heavy (non-hydrogen) atoms. The quantitative estimate of drug-likeness (QED) is 0.877. The summed E-state index contributed by atoms with van der Waals surface area (Å²) in [6.45, 7) is -0.133. The Hall–Kier alpha value is -2.01. The summed E-state index contributed by atoms with van der Waals surface area (Å²) in [5.41, 5.74) is 1.96. The summed E-state index contributed by atoms with van der Waals surface area (Å²) >= 11 is 0. The van der Waals surface area contributed by atoms with Gasteiger partial charge in [0.05, 0.1) is 5.69 Å². The number of rotatable bonds is 6. The lowest BCUT2D eigenvalue weighted by Gasteiger charge is -2.13. The zero-order chi connectivity index (χ0) is 14.4. The highest BCUT2D eigenvalue weighted by molar-refractivity contribution is 5.27. The molecule has 5 heteroatoms. The number of ether oxygens (including phenoxy) is 1. The molecule has 0 saturated carbocycles. The predicted octanol–water partition coefficient (Wildman–Crippen LogP) is 3.53. The second kappa shape index (κ2) is 6.96. The monoisotopic (exact) mass is 278 g/mol. The molecule has 1 heterocycles. The van der Waals surface area contributed by atoms with Gasteiger partial charge >= 0.3 is 6.61 Å². The summed E-state index contributed by atoms with van der Waals surface area (Å²) in [4.78, 5) is 4.27. The molecule has 0 fully saturated rings. The molecule has 2 aromatic rings. The Labute approximate surface area is 116 Å². The van der Waals surface area contributed by atoms with Crippen LogP contribution in [0.5, 0.6) is 5.75 Å². The van der Waals surface area contributed by atoms with Gasteiger partial charge in [-0.3, -0.25) is 4.98 Å². The van der Waals surface area contributed by atoms with Crippen LogP contribution in [0.3, 0.4) is 0 Å². The summed E-state index contributed by atoms with van der Waals surface area (Å²) in [5, 5.41) is 3.32. The molecule has 106 valence electrons. The standard InChI is InChI=1S/C15H16F2N2O/c1-11(14-4-2-3-9-18-14)19-10-12-5-7-13(8-6-12)20-15(16)17/h2-9,11,15,19H,10H2,1H3/t11-/m0/s1. The predicted molar refractivity (Wildman–Crippen MR) is 72.6 cm³/mol. The van der Waals surface area contributed by atoms with Crippen molar-refractivity contribution < 1.29 is 13.5 Å². The molecular formula is C15H16F2N2O. The fourth-order valence-electron chi connectivity index (χ4n) is 1.80. The summed E-state index contributed by atoms with van der Waals surface area (Å²) in [6.07, 6.45) is 1.75. The van der Waals surface area contributed by atoms with Crippen LogP contribution in [0.1, 0.15) is 24.2 Å². The van der Waals surface area contributed by atoms with Crippen molar-refractivity contribution in [3.8, 4) is 5.75 Å². The number of halogens is 2. The molecule has 0 aliphatic rings. The fraction of sp³-hybridized carbons (Fsp3) is 0.267. The van der Waals surface area contributed by atoms with Gasteiger partial charge in [0, 0.05) is 18.8 Å². The Morgan fingerprint density at radius 1 is 1.15 bits per heavy atom. The minimum absolute atomic E-state index is 0.119. The van der Waals surface area contributed by atoms with Crippen molar-refractivity contribution >= 4 is 0 Å². The SMILES string of the molecule is C[C@H](NCc1ccc(OC(F)F)cc1)c1ccccn1. The van der Waals surface area contributed by atoms with E-state index < -0.39 is 6.61 Å². The van der Waals surface area contributed by atoms with Gasteiger partial charge in [-0.05, 0) is 36.8 Å². The molecule has 0 saturated heterocycles. The minimum atomic E-state index is -2.79. The average molecular weight is 278 g/mol. The van der Waals surface area contributed by atoms with Gasteiger partial charge < -0.3 is 10.1 Å². The molecule has 1 aromatic carbocycles. The molecular weight excluding hydrogens is 262 g/mol. The van der Waals surface area contributed by atoms with Gasteiger partial charge in [-0.15, -0.1) is 0 Å². The third kappa shape index (κ3) is 4.28. The van der Waals surface area contributed by atoms with Crippen LogP contribution < -0.4 is 10.1 Å². The van der Waals surface area contributed by atoms with E-state index in [-0.39, 0.29) is 11.8 Å². The third-order valence-electron chi connectivity index (χ3n) is 2.89. The number of aromatic nitrogens is 1. The zero-order valence-corrected chi connectivity index (χ0v) is 11.1. The van der Waals surface area contributed by atoms with Crippen LogP contribution in [-0.4, -0.2) is 11.6 Å². The number of alkyl halides is 2. The molecule has 2 rings (SSSR count). The van der Waals surface area contributed by atoms with Crippen LogP contribution in [0, 0.1) is 0 Å². The van der Waals surface area contributed by atoms with Crippen LogP contribution >= 0.6 is 0 Å². The van der Waals surface area contributed by atoms with E-state index in [0.29, 0.717) is 6.54 Å². The lowest BCUT2D eigenvalue weighted by Crippen LogP contribution is -2.18. The van der Waals surface area contributed by atoms with E-state index in [0.717, 1.165) is 11.3 Å². The van der Waals surface area contributed by atoms with Crippen LogP contribution in [0.15, 0.2) is 48.7 Å². The first-order valence-electron chi connectivity index (χ1n) is 6.33. The van der Waals surface area contributed by atoms with Gasteiger partial charge in [0.1, 0.15) is 5.75 Å². The number of hydrogen-bond acceptors (Lipinski definition) is 3. The molecule has 0 spiro atoms. The number of hydrogen-bond donors (Lipinski definition) is 1. The highest BCUT2D eigenvalue weighted by Crippen LogP contribution is 2.16. The fourth-order valence-corrected chi connectivity index (χ4v) is 1.80. The number of nitrogens with one attached hydrogen (secondary N) is 1. The highest BCUT2D eigenvalue weighted by Gasteiger charge is 2.06. The Morgan fingerprint density at radius 3 is 2.50 bits per heavy atom. The summed E-state index contributed by atoms with van der Waals surface area (Å²) < 4.78 is 28.3. The van der Waals surface area contributed by atoms with Crippen molar-refractivity contribution in [3.05, 3.63) is 59.9 Å². The van der Waals surface area contributed by atoms with E-state index in [2.05, 4.69) is 15.0 Å². The maximum atomic E-state index is 12.0. The topological polar surface area (TPSA) is 34.1 Å². The molecule has 0 aliphatic heterocycles. The van der Waals surface area contributed by atoms with E-state index in [4.69, 9.17) is 0 Å². The average Bonchev–Trinajstić information content (AvgIpc) is 2.46. The Morgan fingerprint density at radius 2 is 1.90 bits per heavy atom. The zero-order valence-electron chi connectivity index (χ0n) is 11.1. The van der Waals surface area contributed by atoms with Crippen LogP contribution in [-0.2, 0) is 6.54 Å². The van der Waals surface area contributed by atoms with Gasteiger partial charge in [-0.2, -0.15) is 8.78 Å². The van der Waals surface area contributed by atoms with E-state index in [1.165, 1.54) is 12.1 Å². The second-order valence-corrected chi connectivity index (χ2v) is 4.38. The van der Waals surface area contributed by atoms with Gasteiger partial charge in [0.2, 0.25) is 0 Å². The summed E-state index contributed by atoms with van der Waals surface area (Å²) in [7, 11) is 0. The second-order valence-electron chi connectivity index (χ2n) is 4.38. The van der Waals surface area contributed by atoms with Gasteiger partial charge in [-0.1, -0.05) is 18.2 Å². The lowest BCUT2D eigenvalue weighted by atomic mass is 10.1. The first kappa shape index (κ1) is 14.4. The molecule has 3 nitrogen and oxygen atoms in total. The molecule has 1 N–H and O–H groups in total. The van der Waals surface area contributed by atoms with Gasteiger partial charge in [0.15, 0.2) is 0 Å². The van der Waals surface area contributed by atoms with Crippen molar-refractivity contribution in [3.63, 3.8) is 0 Å².